The first-order chi connectivity index (χ1) is 12.0. The first-order valence-electron chi connectivity index (χ1n) is 8.10. The van der Waals surface area contributed by atoms with Gasteiger partial charge >= 0.3 is 5.97 Å². The second kappa shape index (κ2) is 10.9. The Morgan fingerprint density at radius 3 is 2.40 bits per heavy atom. The van der Waals surface area contributed by atoms with E-state index in [1.54, 1.807) is 0 Å². The molecule has 25 heavy (non-hydrogen) atoms. The number of benzene rings is 1. The predicted molar refractivity (Wildman–Crippen MR) is 94.4 cm³/mol. The Hall–Kier alpha value is -2.81. The number of nitrogens with one attached hydrogen (secondary N) is 2. The van der Waals surface area contributed by atoms with Gasteiger partial charge in [0.25, 0.3) is 0 Å². The molecule has 0 fully saturated rings. The fraction of sp³-hybridized carbons (Fsp3) is 0.421. The normalized spacial score (nSPS) is 12.4. The van der Waals surface area contributed by atoms with Crippen LogP contribution < -0.4 is 10.6 Å². The standard InChI is InChI=1S/C19H24N2O4/c1-4-5-7-12-16(19(24)25-3)21-18(23)17(20-14(2)22)13-15-10-8-6-9-11-15/h1,6,8-11,16-17H,5,7,12-13H2,2-3H3,(H,20,22)(H,21,23)/t16-,17+/m0/s1. The predicted octanol–water partition coefficient (Wildman–Crippen LogP) is 1.20. The van der Waals surface area contributed by atoms with Crippen molar-refractivity contribution < 1.29 is 19.1 Å². The first-order valence-corrected chi connectivity index (χ1v) is 8.10. The van der Waals surface area contributed by atoms with Crippen molar-refractivity contribution in [2.45, 2.75) is 44.7 Å². The lowest BCUT2D eigenvalue weighted by molar-refractivity contribution is -0.145. The van der Waals surface area contributed by atoms with Crippen LogP contribution in [0.15, 0.2) is 30.3 Å². The average molecular weight is 344 g/mol. The minimum absolute atomic E-state index is 0.321. The van der Waals surface area contributed by atoms with Crippen LogP contribution in [0.3, 0.4) is 0 Å². The van der Waals surface area contributed by atoms with Crippen molar-refractivity contribution in [1.29, 1.82) is 0 Å². The van der Waals surface area contributed by atoms with Crippen molar-refractivity contribution in [3.63, 3.8) is 0 Å². The van der Waals surface area contributed by atoms with Crippen molar-refractivity contribution in [3.05, 3.63) is 35.9 Å². The average Bonchev–Trinajstić information content (AvgIpc) is 2.60. The van der Waals surface area contributed by atoms with E-state index in [4.69, 9.17) is 11.2 Å². The van der Waals surface area contributed by atoms with E-state index in [0.717, 1.165) is 5.56 Å². The highest BCUT2D eigenvalue weighted by Crippen LogP contribution is 2.07. The molecule has 0 saturated heterocycles. The highest BCUT2D eigenvalue weighted by molar-refractivity contribution is 5.90. The van der Waals surface area contributed by atoms with E-state index in [1.807, 2.05) is 30.3 Å². The van der Waals surface area contributed by atoms with Gasteiger partial charge in [0.15, 0.2) is 0 Å². The Morgan fingerprint density at radius 1 is 1.16 bits per heavy atom. The van der Waals surface area contributed by atoms with Crippen molar-refractivity contribution in [2.75, 3.05) is 7.11 Å². The van der Waals surface area contributed by atoms with Gasteiger partial charge in [-0.3, -0.25) is 9.59 Å². The van der Waals surface area contributed by atoms with E-state index < -0.39 is 24.0 Å². The third-order valence-electron chi connectivity index (χ3n) is 3.59. The van der Waals surface area contributed by atoms with Crippen LogP contribution >= 0.6 is 0 Å². The highest BCUT2D eigenvalue weighted by Gasteiger charge is 2.26. The third kappa shape index (κ3) is 7.53. The largest absolute Gasteiger partial charge is 0.467 e. The molecule has 6 heteroatoms. The van der Waals surface area contributed by atoms with Crippen LogP contribution in [0.2, 0.25) is 0 Å². The summed E-state index contributed by atoms with van der Waals surface area (Å²) in [5, 5.41) is 5.28. The SMILES string of the molecule is C#CCCC[C@H](NC(=O)[C@@H](Cc1ccccc1)NC(C)=O)C(=O)OC. The number of carbonyl (C=O) groups is 3. The minimum atomic E-state index is -0.794. The van der Waals surface area contributed by atoms with Gasteiger partial charge in [0.2, 0.25) is 11.8 Å². The fourth-order valence-electron chi connectivity index (χ4n) is 2.38. The monoisotopic (exact) mass is 344 g/mol. The second-order valence-corrected chi connectivity index (χ2v) is 5.62. The molecular weight excluding hydrogens is 320 g/mol. The lowest BCUT2D eigenvalue weighted by Crippen LogP contribution is -2.52. The van der Waals surface area contributed by atoms with Crippen LogP contribution in [0.1, 0.15) is 31.7 Å². The van der Waals surface area contributed by atoms with E-state index >= 15 is 0 Å². The number of hydrogen-bond donors (Lipinski definition) is 2. The maximum atomic E-state index is 12.6. The number of hydrogen-bond acceptors (Lipinski definition) is 4. The van der Waals surface area contributed by atoms with E-state index in [2.05, 4.69) is 16.6 Å². The molecule has 134 valence electrons. The molecule has 0 radical (unpaired) electrons. The van der Waals surface area contributed by atoms with Crippen LogP contribution in [-0.4, -0.2) is 37.0 Å². The van der Waals surface area contributed by atoms with Gasteiger partial charge in [-0.1, -0.05) is 30.3 Å². The maximum absolute atomic E-state index is 12.6. The lowest BCUT2D eigenvalue weighted by Gasteiger charge is -2.22. The summed E-state index contributed by atoms with van der Waals surface area (Å²) in [4.78, 5) is 35.9. The van der Waals surface area contributed by atoms with Gasteiger partial charge in [-0.15, -0.1) is 12.3 Å². The van der Waals surface area contributed by atoms with Gasteiger partial charge < -0.3 is 15.4 Å². The molecule has 0 heterocycles. The van der Waals surface area contributed by atoms with Crippen molar-refractivity contribution in [1.82, 2.24) is 10.6 Å². The molecule has 1 aromatic carbocycles. The Kier molecular flexibility index (Phi) is 8.80. The number of methoxy groups -OCH3 is 1. The maximum Gasteiger partial charge on any atom is 0.328 e. The zero-order chi connectivity index (χ0) is 18.7. The van der Waals surface area contributed by atoms with Crippen molar-refractivity contribution in [3.8, 4) is 12.3 Å². The zero-order valence-electron chi connectivity index (χ0n) is 14.6. The molecule has 6 nitrogen and oxygen atoms in total. The highest BCUT2D eigenvalue weighted by atomic mass is 16.5. The summed E-state index contributed by atoms with van der Waals surface area (Å²) < 4.78 is 4.73. The van der Waals surface area contributed by atoms with Gasteiger partial charge in [-0.2, -0.15) is 0 Å². The van der Waals surface area contributed by atoms with Gasteiger partial charge in [-0.25, -0.2) is 4.79 Å². The number of terminal acetylenes is 1. The molecule has 0 aromatic heterocycles. The zero-order valence-corrected chi connectivity index (χ0v) is 14.6. The Balaban J connectivity index is 2.81. The van der Waals surface area contributed by atoms with E-state index in [0.29, 0.717) is 25.7 Å². The molecule has 0 unspecified atom stereocenters. The quantitative estimate of drug-likeness (QED) is 0.400. The Bertz CT molecular complexity index is 622. The molecule has 0 spiro atoms. The molecule has 2 amide bonds. The first kappa shape index (κ1) is 20.2. The molecular formula is C19H24N2O4. The summed E-state index contributed by atoms with van der Waals surface area (Å²) >= 11 is 0. The summed E-state index contributed by atoms with van der Waals surface area (Å²) in [6.45, 7) is 1.34. The van der Waals surface area contributed by atoms with Crippen LogP contribution in [0.4, 0.5) is 0 Å². The molecule has 0 aliphatic rings. The lowest BCUT2D eigenvalue weighted by atomic mass is 10.0. The summed E-state index contributed by atoms with van der Waals surface area (Å²) in [6, 6.07) is 7.75. The number of amides is 2. The number of esters is 1. The van der Waals surface area contributed by atoms with Gasteiger partial charge in [-0.05, 0) is 18.4 Å². The van der Waals surface area contributed by atoms with Crippen LogP contribution in [0.5, 0.6) is 0 Å². The molecule has 2 N–H and O–H groups in total. The van der Waals surface area contributed by atoms with E-state index in [-0.39, 0.29) is 5.91 Å². The molecule has 0 bridgehead atoms. The van der Waals surface area contributed by atoms with Crippen LogP contribution in [0.25, 0.3) is 0 Å². The number of unbranched alkanes of at least 4 members (excludes halogenated alkanes) is 1. The van der Waals surface area contributed by atoms with E-state index in [1.165, 1.54) is 14.0 Å². The topological polar surface area (TPSA) is 84.5 Å². The molecule has 2 atom stereocenters. The summed E-state index contributed by atoms with van der Waals surface area (Å²) in [7, 11) is 1.26. The van der Waals surface area contributed by atoms with Gasteiger partial charge in [0, 0.05) is 19.8 Å². The van der Waals surface area contributed by atoms with Gasteiger partial charge in [0.1, 0.15) is 12.1 Å². The Labute approximate surface area is 148 Å². The number of carbonyl (C=O) groups excluding carboxylic acids is 3. The number of ether oxygens (including phenoxy) is 1. The summed E-state index contributed by atoms with van der Waals surface area (Å²) in [5.41, 5.74) is 0.901. The Morgan fingerprint density at radius 2 is 1.84 bits per heavy atom. The minimum Gasteiger partial charge on any atom is -0.467 e. The van der Waals surface area contributed by atoms with Gasteiger partial charge in [0.05, 0.1) is 7.11 Å². The second-order valence-electron chi connectivity index (χ2n) is 5.62. The molecule has 1 rings (SSSR count). The number of rotatable bonds is 9. The fourth-order valence-corrected chi connectivity index (χ4v) is 2.38. The smallest absolute Gasteiger partial charge is 0.328 e. The molecule has 1 aromatic rings. The third-order valence-corrected chi connectivity index (χ3v) is 3.59. The molecule has 0 aliphatic heterocycles. The van der Waals surface area contributed by atoms with Crippen molar-refractivity contribution >= 4 is 17.8 Å². The van der Waals surface area contributed by atoms with Crippen LogP contribution in [-0.2, 0) is 25.5 Å². The summed E-state index contributed by atoms with van der Waals surface area (Å²) in [6.07, 6.45) is 7.00. The summed E-state index contributed by atoms with van der Waals surface area (Å²) in [5.74, 6) is 1.20. The van der Waals surface area contributed by atoms with E-state index in [9.17, 15) is 14.4 Å². The molecule has 0 saturated carbocycles. The molecule has 0 aliphatic carbocycles. The van der Waals surface area contributed by atoms with Crippen LogP contribution in [0, 0.1) is 12.3 Å². The van der Waals surface area contributed by atoms with Crippen molar-refractivity contribution in [2.24, 2.45) is 0 Å².